The van der Waals surface area contributed by atoms with E-state index in [0.29, 0.717) is 12.4 Å². The standard InChI is InChI=1S/C12H18N4O2/c1-5-6-15-10(7-9(8-13)14-15)16(11(17)18)12(2,3)4/h7H,5-6H2,1-4H3,(H,17,18). The van der Waals surface area contributed by atoms with E-state index >= 15 is 0 Å². The van der Waals surface area contributed by atoms with Crippen molar-refractivity contribution in [2.75, 3.05) is 4.90 Å². The fourth-order valence-corrected chi connectivity index (χ4v) is 1.75. The fourth-order valence-electron chi connectivity index (χ4n) is 1.75. The Morgan fingerprint density at radius 2 is 2.22 bits per heavy atom. The number of amides is 1. The van der Waals surface area contributed by atoms with Crippen LogP contribution in [0.5, 0.6) is 0 Å². The quantitative estimate of drug-likeness (QED) is 0.893. The molecule has 6 heteroatoms. The summed E-state index contributed by atoms with van der Waals surface area (Å²) in [4.78, 5) is 12.6. The molecule has 0 aliphatic rings. The summed E-state index contributed by atoms with van der Waals surface area (Å²) >= 11 is 0. The third-order valence-corrected chi connectivity index (χ3v) is 2.40. The molecule has 1 rings (SSSR count). The van der Waals surface area contributed by atoms with Gasteiger partial charge >= 0.3 is 6.09 Å². The minimum atomic E-state index is -1.05. The van der Waals surface area contributed by atoms with Crippen LogP contribution in [0.1, 0.15) is 39.8 Å². The van der Waals surface area contributed by atoms with Gasteiger partial charge in [-0.3, -0.25) is 4.90 Å². The number of aromatic nitrogens is 2. The molecule has 0 fully saturated rings. The van der Waals surface area contributed by atoms with Crippen molar-refractivity contribution in [3.63, 3.8) is 0 Å². The van der Waals surface area contributed by atoms with Gasteiger partial charge in [0.05, 0.1) is 0 Å². The molecule has 0 aliphatic heterocycles. The second-order valence-corrected chi connectivity index (χ2v) is 5.01. The lowest BCUT2D eigenvalue weighted by molar-refractivity contribution is 0.195. The molecule has 1 aromatic rings. The Hall–Kier alpha value is -2.03. The van der Waals surface area contributed by atoms with Crippen molar-refractivity contribution in [1.29, 1.82) is 5.26 Å². The summed E-state index contributed by atoms with van der Waals surface area (Å²) in [6.07, 6.45) is -0.235. The van der Waals surface area contributed by atoms with E-state index in [0.717, 1.165) is 6.42 Å². The zero-order valence-electron chi connectivity index (χ0n) is 11.1. The second kappa shape index (κ2) is 5.08. The Kier molecular flexibility index (Phi) is 3.96. The van der Waals surface area contributed by atoms with Crippen LogP contribution < -0.4 is 4.90 Å². The van der Waals surface area contributed by atoms with Gasteiger partial charge in [0, 0.05) is 18.2 Å². The van der Waals surface area contributed by atoms with E-state index in [1.54, 1.807) is 25.5 Å². The average molecular weight is 250 g/mol. The van der Waals surface area contributed by atoms with E-state index in [9.17, 15) is 9.90 Å². The van der Waals surface area contributed by atoms with Crippen molar-refractivity contribution >= 4 is 11.9 Å². The van der Waals surface area contributed by atoms with Crippen molar-refractivity contribution in [3.05, 3.63) is 11.8 Å². The molecule has 1 aromatic heterocycles. The highest BCUT2D eigenvalue weighted by Crippen LogP contribution is 2.25. The molecular formula is C12H18N4O2. The van der Waals surface area contributed by atoms with Gasteiger partial charge in [-0.15, -0.1) is 0 Å². The molecule has 0 spiro atoms. The Labute approximate surface area is 106 Å². The molecule has 0 aliphatic carbocycles. The number of hydrogen-bond acceptors (Lipinski definition) is 3. The Morgan fingerprint density at radius 1 is 1.61 bits per heavy atom. The van der Waals surface area contributed by atoms with Crippen LogP contribution in [0.4, 0.5) is 10.6 Å². The van der Waals surface area contributed by atoms with Crippen molar-refractivity contribution < 1.29 is 9.90 Å². The lowest BCUT2D eigenvalue weighted by atomic mass is 10.1. The highest BCUT2D eigenvalue weighted by molar-refractivity contribution is 5.86. The zero-order valence-corrected chi connectivity index (χ0v) is 11.1. The summed E-state index contributed by atoms with van der Waals surface area (Å²) in [6, 6.07) is 3.45. The molecule has 0 radical (unpaired) electrons. The predicted molar refractivity (Wildman–Crippen MR) is 67.5 cm³/mol. The van der Waals surface area contributed by atoms with E-state index < -0.39 is 11.6 Å². The minimum Gasteiger partial charge on any atom is -0.465 e. The topological polar surface area (TPSA) is 82.2 Å². The molecule has 1 N–H and O–H groups in total. The van der Waals surface area contributed by atoms with Crippen LogP contribution >= 0.6 is 0 Å². The number of nitrogens with zero attached hydrogens (tertiary/aromatic N) is 4. The molecular weight excluding hydrogens is 232 g/mol. The first kappa shape index (κ1) is 14.0. The number of anilines is 1. The van der Waals surface area contributed by atoms with Crippen LogP contribution in [0.3, 0.4) is 0 Å². The van der Waals surface area contributed by atoms with Gasteiger partial charge in [-0.25, -0.2) is 9.48 Å². The summed E-state index contributed by atoms with van der Waals surface area (Å²) in [5.74, 6) is 0.438. The van der Waals surface area contributed by atoms with E-state index in [4.69, 9.17) is 5.26 Å². The molecule has 18 heavy (non-hydrogen) atoms. The summed E-state index contributed by atoms with van der Waals surface area (Å²) in [6.45, 7) is 7.96. The van der Waals surface area contributed by atoms with Gasteiger partial charge in [-0.05, 0) is 27.2 Å². The van der Waals surface area contributed by atoms with Crippen molar-refractivity contribution in [2.24, 2.45) is 0 Å². The third-order valence-electron chi connectivity index (χ3n) is 2.40. The number of carboxylic acid groups (broad SMARTS) is 1. The molecule has 0 unspecified atom stereocenters. The Balaban J connectivity index is 3.32. The average Bonchev–Trinajstić information content (AvgIpc) is 2.59. The summed E-state index contributed by atoms with van der Waals surface area (Å²) in [5.41, 5.74) is -0.363. The van der Waals surface area contributed by atoms with Crippen LogP contribution in [0.15, 0.2) is 6.07 Å². The zero-order chi connectivity index (χ0) is 13.9. The molecule has 1 amide bonds. The maximum absolute atomic E-state index is 11.4. The largest absolute Gasteiger partial charge is 0.465 e. The van der Waals surface area contributed by atoms with Gasteiger partial charge in [0.15, 0.2) is 5.69 Å². The molecule has 98 valence electrons. The molecule has 0 saturated carbocycles. The van der Waals surface area contributed by atoms with Crippen LogP contribution in [0.2, 0.25) is 0 Å². The first-order chi connectivity index (χ1) is 8.31. The molecule has 0 atom stereocenters. The monoisotopic (exact) mass is 250 g/mol. The van der Waals surface area contributed by atoms with E-state index in [2.05, 4.69) is 5.10 Å². The number of carbonyl (C=O) groups is 1. The van der Waals surface area contributed by atoms with E-state index in [1.165, 1.54) is 11.0 Å². The van der Waals surface area contributed by atoms with Gasteiger partial charge in [0.2, 0.25) is 0 Å². The first-order valence-corrected chi connectivity index (χ1v) is 5.82. The van der Waals surface area contributed by atoms with E-state index in [-0.39, 0.29) is 5.69 Å². The van der Waals surface area contributed by atoms with Crippen LogP contribution in [0.25, 0.3) is 0 Å². The minimum absolute atomic E-state index is 0.231. The Morgan fingerprint density at radius 3 is 2.61 bits per heavy atom. The predicted octanol–water partition coefficient (Wildman–Crippen LogP) is 2.45. The summed E-state index contributed by atoms with van der Waals surface area (Å²) in [7, 11) is 0. The van der Waals surface area contributed by atoms with E-state index in [1.807, 2.05) is 13.0 Å². The van der Waals surface area contributed by atoms with Gasteiger partial charge in [-0.2, -0.15) is 10.4 Å². The first-order valence-electron chi connectivity index (χ1n) is 5.82. The normalized spacial score (nSPS) is 11.1. The number of rotatable bonds is 3. The fraction of sp³-hybridized carbons (Fsp3) is 0.583. The van der Waals surface area contributed by atoms with Crippen molar-refractivity contribution in [2.45, 2.75) is 46.2 Å². The van der Waals surface area contributed by atoms with Crippen LogP contribution in [-0.4, -0.2) is 26.5 Å². The summed E-state index contributed by atoms with van der Waals surface area (Å²) in [5, 5.41) is 22.3. The lowest BCUT2D eigenvalue weighted by Crippen LogP contribution is -2.46. The van der Waals surface area contributed by atoms with Crippen molar-refractivity contribution in [1.82, 2.24) is 9.78 Å². The van der Waals surface area contributed by atoms with Gasteiger partial charge < -0.3 is 5.11 Å². The van der Waals surface area contributed by atoms with Crippen molar-refractivity contribution in [3.8, 4) is 6.07 Å². The molecule has 6 nitrogen and oxygen atoms in total. The number of hydrogen-bond donors (Lipinski definition) is 1. The van der Waals surface area contributed by atoms with Gasteiger partial charge in [0.1, 0.15) is 11.9 Å². The van der Waals surface area contributed by atoms with Crippen LogP contribution in [0, 0.1) is 11.3 Å². The molecule has 0 saturated heterocycles. The maximum atomic E-state index is 11.4. The second-order valence-electron chi connectivity index (χ2n) is 5.01. The number of aryl methyl sites for hydroxylation is 1. The highest BCUT2D eigenvalue weighted by Gasteiger charge is 2.31. The molecule has 1 heterocycles. The van der Waals surface area contributed by atoms with Gasteiger partial charge in [0.25, 0.3) is 0 Å². The Bertz CT molecular complexity index is 479. The molecule has 0 bridgehead atoms. The van der Waals surface area contributed by atoms with Crippen LogP contribution in [-0.2, 0) is 6.54 Å². The lowest BCUT2D eigenvalue weighted by Gasteiger charge is -2.32. The highest BCUT2D eigenvalue weighted by atomic mass is 16.4. The number of nitriles is 1. The smallest absolute Gasteiger partial charge is 0.413 e. The third kappa shape index (κ3) is 2.80. The van der Waals surface area contributed by atoms with Gasteiger partial charge in [-0.1, -0.05) is 6.92 Å². The summed E-state index contributed by atoms with van der Waals surface area (Å²) < 4.78 is 1.57. The maximum Gasteiger partial charge on any atom is 0.413 e. The molecule has 0 aromatic carbocycles. The SMILES string of the molecule is CCCn1nc(C#N)cc1N(C(=O)O)C(C)(C)C.